The zero-order valence-electron chi connectivity index (χ0n) is 5.11. The molecule has 0 unspecified atom stereocenters. The molecule has 1 rings (SSSR count). The van der Waals surface area contributed by atoms with E-state index in [0.717, 1.165) is 15.4 Å². The number of hydrogen-bond acceptors (Lipinski definition) is 3. The van der Waals surface area contributed by atoms with E-state index >= 15 is 0 Å². The highest BCUT2D eigenvalue weighted by Gasteiger charge is 1.96. The van der Waals surface area contributed by atoms with Crippen LogP contribution in [0.5, 0.6) is 0 Å². The third-order valence-corrected chi connectivity index (χ3v) is 2.48. The predicted octanol–water partition coefficient (Wildman–Crippen LogP) is 2.61. The van der Waals surface area contributed by atoms with Crippen molar-refractivity contribution in [3.05, 3.63) is 23.8 Å². The first-order valence-electron chi connectivity index (χ1n) is 2.72. The van der Waals surface area contributed by atoms with Crippen molar-refractivity contribution in [3.8, 4) is 0 Å². The van der Waals surface area contributed by atoms with Gasteiger partial charge < -0.3 is 0 Å². The summed E-state index contributed by atoms with van der Waals surface area (Å²) in [5, 5.41) is 1.60. The van der Waals surface area contributed by atoms with Crippen LogP contribution < -0.4 is 0 Å². The monoisotopic (exact) mass is 186 g/mol. The SMILES string of the molecule is S=Cc1cccc(S)c1S. The van der Waals surface area contributed by atoms with Crippen molar-refractivity contribution < 1.29 is 0 Å². The van der Waals surface area contributed by atoms with E-state index in [2.05, 4.69) is 25.3 Å². The van der Waals surface area contributed by atoms with E-state index in [9.17, 15) is 0 Å². The van der Waals surface area contributed by atoms with Crippen LogP contribution in [0.1, 0.15) is 5.56 Å². The summed E-state index contributed by atoms with van der Waals surface area (Å²) < 4.78 is 0. The van der Waals surface area contributed by atoms with Gasteiger partial charge in [0.05, 0.1) is 0 Å². The van der Waals surface area contributed by atoms with E-state index in [1.807, 2.05) is 18.2 Å². The van der Waals surface area contributed by atoms with Gasteiger partial charge in [-0.2, -0.15) is 0 Å². The summed E-state index contributed by atoms with van der Waals surface area (Å²) in [7, 11) is 0. The molecule has 0 aliphatic rings. The molecule has 0 amide bonds. The van der Waals surface area contributed by atoms with Gasteiger partial charge in [0.15, 0.2) is 0 Å². The lowest BCUT2D eigenvalue weighted by Crippen LogP contribution is -1.81. The Morgan fingerprint density at radius 2 is 2.00 bits per heavy atom. The molecular formula is C7H6S3. The number of thiocarbonyl (C=S) groups is 1. The molecule has 0 nitrogen and oxygen atoms in total. The molecule has 0 spiro atoms. The highest BCUT2D eigenvalue weighted by molar-refractivity contribution is 7.83. The number of thiol groups is 2. The molecule has 0 saturated heterocycles. The lowest BCUT2D eigenvalue weighted by Gasteiger charge is -1.99. The van der Waals surface area contributed by atoms with Crippen LogP contribution in [-0.4, -0.2) is 5.37 Å². The predicted molar refractivity (Wildman–Crippen MR) is 53.7 cm³/mol. The average Bonchev–Trinajstić information content (AvgIpc) is 1.95. The molecule has 0 fully saturated rings. The summed E-state index contributed by atoms with van der Waals surface area (Å²) in [6.07, 6.45) is 0. The molecule has 0 aliphatic carbocycles. The Labute approximate surface area is 76.5 Å². The number of benzene rings is 1. The van der Waals surface area contributed by atoms with Crippen LogP contribution in [-0.2, 0) is 0 Å². The molecule has 3 heteroatoms. The maximum atomic E-state index is 4.76. The summed E-state index contributed by atoms with van der Waals surface area (Å²) in [5.41, 5.74) is 0.950. The van der Waals surface area contributed by atoms with Gasteiger partial charge in [-0.25, -0.2) is 0 Å². The minimum absolute atomic E-state index is 0.848. The second-order valence-electron chi connectivity index (χ2n) is 1.83. The third kappa shape index (κ3) is 1.54. The van der Waals surface area contributed by atoms with Gasteiger partial charge >= 0.3 is 0 Å². The summed E-state index contributed by atoms with van der Waals surface area (Å²) >= 11 is 13.2. The van der Waals surface area contributed by atoms with Gasteiger partial charge in [-0.3, -0.25) is 0 Å². The molecule has 0 N–H and O–H groups in total. The van der Waals surface area contributed by atoms with Crippen LogP contribution >= 0.6 is 37.5 Å². The largest absolute Gasteiger partial charge is 0.142 e. The Balaban J connectivity index is 3.27. The molecule has 10 heavy (non-hydrogen) atoms. The van der Waals surface area contributed by atoms with Crippen molar-refractivity contribution in [3.63, 3.8) is 0 Å². The molecule has 0 radical (unpaired) electrons. The van der Waals surface area contributed by atoms with Gasteiger partial charge in [0.2, 0.25) is 0 Å². The molecule has 0 heterocycles. The zero-order chi connectivity index (χ0) is 7.56. The number of hydrogen-bond donors (Lipinski definition) is 2. The van der Waals surface area contributed by atoms with Gasteiger partial charge in [-0.05, 0) is 11.6 Å². The van der Waals surface area contributed by atoms with Crippen molar-refractivity contribution in [2.45, 2.75) is 9.79 Å². The van der Waals surface area contributed by atoms with Crippen LogP contribution in [0.2, 0.25) is 0 Å². The molecule has 0 atom stereocenters. The Kier molecular flexibility index (Phi) is 2.77. The molecule has 0 aromatic heterocycles. The van der Waals surface area contributed by atoms with E-state index in [0.29, 0.717) is 0 Å². The molecule has 1 aromatic carbocycles. The minimum Gasteiger partial charge on any atom is -0.142 e. The van der Waals surface area contributed by atoms with E-state index < -0.39 is 0 Å². The van der Waals surface area contributed by atoms with Gasteiger partial charge in [0, 0.05) is 15.2 Å². The Hall–Kier alpha value is 0.01000. The van der Waals surface area contributed by atoms with Crippen LogP contribution in [0.4, 0.5) is 0 Å². The van der Waals surface area contributed by atoms with Crippen molar-refractivity contribution in [1.29, 1.82) is 0 Å². The lowest BCUT2D eigenvalue weighted by atomic mass is 10.2. The second kappa shape index (κ2) is 3.42. The fourth-order valence-electron chi connectivity index (χ4n) is 0.644. The minimum atomic E-state index is 0.848. The summed E-state index contributed by atoms with van der Waals surface area (Å²) in [6, 6.07) is 5.70. The van der Waals surface area contributed by atoms with Crippen LogP contribution in [0.15, 0.2) is 28.0 Å². The summed E-state index contributed by atoms with van der Waals surface area (Å²) in [4.78, 5) is 1.71. The second-order valence-corrected chi connectivity index (χ2v) is 3.00. The highest BCUT2D eigenvalue weighted by atomic mass is 32.1. The lowest BCUT2D eigenvalue weighted by molar-refractivity contribution is 1.26. The van der Waals surface area contributed by atoms with E-state index in [1.54, 1.807) is 5.37 Å². The van der Waals surface area contributed by atoms with Gasteiger partial charge in [0.1, 0.15) is 0 Å². The van der Waals surface area contributed by atoms with Crippen LogP contribution in [0, 0.1) is 0 Å². The number of rotatable bonds is 1. The van der Waals surface area contributed by atoms with Crippen molar-refractivity contribution in [2.75, 3.05) is 0 Å². The van der Waals surface area contributed by atoms with Crippen molar-refractivity contribution >= 4 is 42.8 Å². The Morgan fingerprint density at radius 3 is 2.50 bits per heavy atom. The first-order valence-corrected chi connectivity index (χ1v) is 4.08. The third-order valence-electron chi connectivity index (χ3n) is 1.17. The summed E-state index contributed by atoms with van der Waals surface area (Å²) in [6.45, 7) is 0. The van der Waals surface area contributed by atoms with Crippen molar-refractivity contribution in [2.24, 2.45) is 0 Å². The van der Waals surface area contributed by atoms with Gasteiger partial charge in [-0.1, -0.05) is 24.4 Å². The quantitative estimate of drug-likeness (QED) is 0.502. The first-order chi connectivity index (χ1) is 4.75. The van der Waals surface area contributed by atoms with Crippen molar-refractivity contribution in [1.82, 2.24) is 0 Å². The van der Waals surface area contributed by atoms with Gasteiger partial charge in [-0.15, -0.1) is 25.3 Å². The summed E-state index contributed by atoms with van der Waals surface area (Å²) in [5.74, 6) is 0. The maximum absolute atomic E-state index is 4.76. The highest BCUT2D eigenvalue weighted by Crippen LogP contribution is 2.20. The molecule has 52 valence electrons. The van der Waals surface area contributed by atoms with Gasteiger partial charge in [0.25, 0.3) is 0 Å². The van der Waals surface area contributed by atoms with Crippen LogP contribution in [0.3, 0.4) is 0 Å². The molecule has 0 bridgehead atoms. The topological polar surface area (TPSA) is 0 Å². The van der Waals surface area contributed by atoms with Crippen LogP contribution in [0.25, 0.3) is 0 Å². The fraction of sp³-hybridized carbons (Fsp3) is 0. The molecule has 1 aromatic rings. The molecular weight excluding hydrogens is 180 g/mol. The van der Waals surface area contributed by atoms with E-state index in [1.165, 1.54) is 0 Å². The smallest absolute Gasteiger partial charge is 0.0255 e. The molecule has 0 aliphatic heterocycles. The zero-order valence-corrected chi connectivity index (χ0v) is 7.72. The Morgan fingerprint density at radius 1 is 1.30 bits per heavy atom. The maximum Gasteiger partial charge on any atom is 0.0255 e. The average molecular weight is 186 g/mol. The first kappa shape index (κ1) is 8.11. The van der Waals surface area contributed by atoms with E-state index in [-0.39, 0.29) is 0 Å². The molecule has 0 saturated carbocycles. The Bertz CT molecular complexity index is 255. The van der Waals surface area contributed by atoms with E-state index in [4.69, 9.17) is 12.2 Å². The fourth-order valence-corrected chi connectivity index (χ4v) is 1.36. The normalized spacial score (nSPS) is 9.40. The standard InChI is InChI=1S/C7H6S3/c8-4-5-2-1-3-6(9)7(5)10/h1-4,9-10H.